The molecule has 2 N–H and O–H groups in total. The second-order valence-electron chi connectivity index (χ2n) is 4.73. The Morgan fingerprint density at radius 2 is 2.15 bits per heavy atom. The predicted molar refractivity (Wildman–Crippen MR) is 77.8 cm³/mol. The smallest absolute Gasteiger partial charge is 0.251 e. The second kappa shape index (κ2) is 6.05. The number of aryl methyl sites for hydroxylation is 2. The Hall–Kier alpha value is -1.88. The summed E-state index contributed by atoms with van der Waals surface area (Å²) in [4.78, 5) is 16.5. The van der Waals surface area contributed by atoms with Crippen LogP contribution in [-0.4, -0.2) is 21.1 Å². The number of hydrogen-bond acceptors (Lipinski definition) is 3. The first-order valence-electron chi connectivity index (χ1n) is 6.46. The summed E-state index contributed by atoms with van der Waals surface area (Å²) < 4.78 is 0. The van der Waals surface area contributed by atoms with Gasteiger partial charge >= 0.3 is 0 Å². The van der Waals surface area contributed by atoms with Gasteiger partial charge in [0.1, 0.15) is 5.82 Å². The molecule has 0 aliphatic heterocycles. The number of carbonyl (C=O) groups is 1. The zero-order chi connectivity index (χ0) is 14.7. The van der Waals surface area contributed by atoms with Crippen LogP contribution < -0.4 is 5.32 Å². The van der Waals surface area contributed by atoms with Gasteiger partial charge in [0.05, 0.1) is 6.04 Å². The molecule has 2 rings (SSSR count). The maximum absolute atomic E-state index is 12.3. The minimum absolute atomic E-state index is 0.176. The predicted octanol–water partition coefficient (Wildman–Crippen LogP) is 2.96. The molecule has 106 valence electrons. The molecular formula is C14H17ClN4O. The van der Waals surface area contributed by atoms with Crippen LogP contribution in [0.5, 0.6) is 0 Å². The first-order valence-corrected chi connectivity index (χ1v) is 6.84. The van der Waals surface area contributed by atoms with Crippen LogP contribution in [0.25, 0.3) is 0 Å². The summed E-state index contributed by atoms with van der Waals surface area (Å²) in [6, 6.07) is 5.05. The molecule has 1 aromatic heterocycles. The molecule has 0 aliphatic rings. The Bertz CT molecular complexity index is 603. The number of nitrogens with one attached hydrogen (secondary N) is 2. The first-order chi connectivity index (χ1) is 9.49. The van der Waals surface area contributed by atoms with Crippen molar-refractivity contribution >= 4 is 17.5 Å². The van der Waals surface area contributed by atoms with Gasteiger partial charge in [0.15, 0.2) is 5.82 Å². The van der Waals surface area contributed by atoms with E-state index in [1.165, 1.54) is 0 Å². The normalized spacial score (nSPS) is 12.2. The lowest BCUT2D eigenvalue weighted by Crippen LogP contribution is -2.29. The molecule has 0 fully saturated rings. The van der Waals surface area contributed by atoms with Gasteiger partial charge in [-0.1, -0.05) is 18.5 Å². The Kier molecular flexibility index (Phi) is 4.39. The molecule has 0 saturated heterocycles. The molecule has 0 bridgehead atoms. The molecule has 1 heterocycles. The van der Waals surface area contributed by atoms with Crippen molar-refractivity contribution in [2.45, 2.75) is 33.2 Å². The van der Waals surface area contributed by atoms with E-state index in [2.05, 4.69) is 20.5 Å². The molecular weight excluding hydrogens is 276 g/mol. The molecule has 0 unspecified atom stereocenters. The summed E-state index contributed by atoms with van der Waals surface area (Å²) >= 11 is 5.98. The maximum atomic E-state index is 12.3. The number of nitrogens with zero attached hydrogens (tertiary/aromatic N) is 2. The number of carbonyl (C=O) groups excluding carboxylic acids is 1. The molecule has 5 nitrogen and oxygen atoms in total. The van der Waals surface area contributed by atoms with Gasteiger partial charge in [-0.05, 0) is 44.0 Å². The van der Waals surface area contributed by atoms with Gasteiger partial charge in [-0.15, -0.1) is 0 Å². The van der Waals surface area contributed by atoms with Crippen molar-refractivity contribution in [3.63, 3.8) is 0 Å². The Balaban J connectivity index is 2.17. The highest BCUT2D eigenvalue weighted by Crippen LogP contribution is 2.17. The van der Waals surface area contributed by atoms with Crippen LogP contribution in [0.4, 0.5) is 0 Å². The standard InChI is InChI=1S/C14H17ClN4O/c1-4-12(13-16-9(3)18-19-13)17-14(20)10-5-8(2)6-11(15)7-10/h5-7,12H,4H2,1-3H3,(H,17,20)(H,16,18,19)/t12-/m0/s1. The summed E-state index contributed by atoms with van der Waals surface area (Å²) in [5.41, 5.74) is 1.49. The first kappa shape index (κ1) is 14.5. The van der Waals surface area contributed by atoms with Crippen molar-refractivity contribution in [3.05, 3.63) is 46.0 Å². The average Bonchev–Trinajstić information content (AvgIpc) is 2.81. The van der Waals surface area contributed by atoms with Gasteiger partial charge in [-0.25, -0.2) is 4.98 Å². The Morgan fingerprint density at radius 1 is 1.40 bits per heavy atom. The van der Waals surface area contributed by atoms with E-state index in [1.54, 1.807) is 12.1 Å². The Morgan fingerprint density at radius 3 is 2.70 bits per heavy atom. The van der Waals surface area contributed by atoms with Crippen LogP contribution in [0.15, 0.2) is 18.2 Å². The van der Waals surface area contributed by atoms with Crippen LogP contribution in [0.2, 0.25) is 5.02 Å². The number of hydrogen-bond donors (Lipinski definition) is 2. The van der Waals surface area contributed by atoms with E-state index in [9.17, 15) is 4.79 Å². The third-order valence-electron chi connectivity index (χ3n) is 2.94. The topological polar surface area (TPSA) is 70.7 Å². The fourth-order valence-electron chi connectivity index (χ4n) is 1.97. The number of H-pyrrole nitrogens is 1. The van der Waals surface area contributed by atoms with E-state index in [0.717, 1.165) is 11.4 Å². The summed E-state index contributed by atoms with van der Waals surface area (Å²) in [6.45, 7) is 5.70. The van der Waals surface area contributed by atoms with E-state index < -0.39 is 0 Å². The van der Waals surface area contributed by atoms with Crippen molar-refractivity contribution < 1.29 is 4.79 Å². The zero-order valence-corrected chi connectivity index (χ0v) is 12.5. The largest absolute Gasteiger partial charge is 0.342 e. The zero-order valence-electron chi connectivity index (χ0n) is 11.7. The highest BCUT2D eigenvalue weighted by Gasteiger charge is 2.18. The number of aromatic amines is 1. The van der Waals surface area contributed by atoms with Gasteiger partial charge in [0.2, 0.25) is 0 Å². The van der Waals surface area contributed by atoms with E-state index >= 15 is 0 Å². The average molecular weight is 293 g/mol. The third kappa shape index (κ3) is 3.36. The summed E-state index contributed by atoms with van der Waals surface area (Å²) in [5, 5.41) is 10.4. The number of halogens is 1. The van der Waals surface area contributed by atoms with Crippen molar-refractivity contribution in [2.75, 3.05) is 0 Å². The van der Waals surface area contributed by atoms with Gasteiger partial charge in [0, 0.05) is 10.6 Å². The van der Waals surface area contributed by atoms with Crippen LogP contribution in [-0.2, 0) is 0 Å². The fourth-order valence-corrected chi connectivity index (χ4v) is 2.26. The van der Waals surface area contributed by atoms with E-state index in [0.29, 0.717) is 22.8 Å². The molecule has 1 atom stereocenters. The highest BCUT2D eigenvalue weighted by atomic mass is 35.5. The van der Waals surface area contributed by atoms with Crippen molar-refractivity contribution in [1.29, 1.82) is 0 Å². The minimum Gasteiger partial charge on any atom is -0.342 e. The monoisotopic (exact) mass is 292 g/mol. The van der Waals surface area contributed by atoms with Gasteiger partial charge in [-0.2, -0.15) is 5.10 Å². The number of rotatable bonds is 4. The van der Waals surface area contributed by atoms with Gasteiger partial charge < -0.3 is 5.32 Å². The quantitative estimate of drug-likeness (QED) is 0.910. The Labute approximate surface area is 122 Å². The van der Waals surface area contributed by atoms with Crippen LogP contribution in [0.1, 0.15) is 47.0 Å². The lowest BCUT2D eigenvalue weighted by atomic mass is 10.1. The van der Waals surface area contributed by atoms with E-state index in [-0.39, 0.29) is 11.9 Å². The fraction of sp³-hybridized carbons (Fsp3) is 0.357. The van der Waals surface area contributed by atoms with Crippen molar-refractivity contribution in [3.8, 4) is 0 Å². The van der Waals surface area contributed by atoms with Gasteiger partial charge in [0.25, 0.3) is 5.91 Å². The molecule has 0 aliphatic carbocycles. The third-order valence-corrected chi connectivity index (χ3v) is 3.16. The molecule has 6 heteroatoms. The minimum atomic E-state index is -0.216. The lowest BCUT2D eigenvalue weighted by molar-refractivity contribution is 0.0933. The van der Waals surface area contributed by atoms with Gasteiger partial charge in [-0.3, -0.25) is 9.89 Å². The van der Waals surface area contributed by atoms with Crippen LogP contribution in [0.3, 0.4) is 0 Å². The number of amides is 1. The van der Waals surface area contributed by atoms with Crippen molar-refractivity contribution in [2.24, 2.45) is 0 Å². The second-order valence-corrected chi connectivity index (χ2v) is 5.17. The van der Waals surface area contributed by atoms with E-state index in [4.69, 9.17) is 11.6 Å². The molecule has 0 spiro atoms. The lowest BCUT2D eigenvalue weighted by Gasteiger charge is -2.14. The molecule has 1 aromatic carbocycles. The summed E-state index contributed by atoms with van der Waals surface area (Å²) in [6.07, 6.45) is 0.711. The molecule has 20 heavy (non-hydrogen) atoms. The molecule has 2 aromatic rings. The highest BCUT2D eigenvalue weighted by molar-refractivity contribution is 6.31. The van der Waals surface area contributed by atoms with Crippen LogP contribution in [0, 0.1) is 13.8 Å². The molecule has 1 amide bonds. The number of benzene rings is 1. The molecule has 0 radical (unpaired) electrons. The number of aromatic nitrogens is 3. The summed E-state index contributed by atoms with van der Waals surface area (Å²) in [7, 11) is 0. The summed E-state index contributed by atoms with van der Waals surface area (Å²) in [5.74, 6) is 1.15. The SMILES string of the molecule is CC[C@H](NC(=O)c1cc(C)cc(Cl)c1)c1n[nH]c(C)n1. The van der Waals surface area contributed by atoms with E-state index in [1.807, 2.05) is 26.8 Å². The van der Waals surface area contributed by atoms with Crippen molar-refractivity contribution in [1.82, 2.24) is 20.5 Å². The maximum Gasteiger partial charge on any atom is 0.251 e. The van der Waals surface area contributed by atoms with Crippen LogP contribution >= 0.6 is 11.6 Å². The molecule has 0 saturated carbocycles.